The molecule has 0 N–H and O–H groups in total. The number of carbonyl (C=O) groups excluding carboxylic acids is 2. The number of urea groups is 1. The minimum atomic E-state index is -0.429. The topological polar surface area (TPSA) is 40.6 Å². The van der Waals surface area contributed by atoms with E-state index in [0.29, 0.717) is 16.5 Å². The smallest absolute Gasteiger partial charge is 0.295 e. The van der Waals surface area contributed by atoms with Crippen molar-refractivity contribution in [2.24, 2.45) is 0 Å². The van der Waals surface area contributed by atoms with Crippen molar-refractivity contribution in [1.29, 1.82) is 0 Å². The fourth-order valence-corrected chi connectivity index (χ4v) is 5.34. The summed E-state index contributed by atoms with van der Waals surface area (Å²) >= 11 is 7.61. The molecule has 2 aliphatic heterocycles. The van der Waals surface area contributed by atoms with Crippen LogP contribution in [0.5, 0.6) is 0 Å². The van der Waals surface area contributed by atoms with Crippen molar-refractivity contribution < 1.29 is 9.59 Å². The van der Waals surface area contributed by atoms with Crippen LogP contribution in [0.25, 0.3) is 10.8 Å². The lowest BCUT2D eigenvalue weighted by molar-refractivity contribution is -0.119. The Kier molecular flexibility index (Phi) is 3.88. The van der Waals surface area contributed by atoms with Crippen LogP contribution in [-0.2, 0) is 4.79 Å². The maximum Gasteiger partial charge on any atom is 0.333 e. The summed E-state index contributed by atoms with van der Waals surface area (Å²) < 4.78 is 0. The minimum Gasteiger partial charge on any atom is -0.295 e. The van der Waals surface area contributed by atoms with Crippen molar-refractivity contribution in [2.45, 2.75) is 11.4 Å². The molecule has 4 nitrogen and oxygen atoms in total. The highest BCUT2D eigenvalue weighted by molar-refractivity contribution is 7.99. The molecule has 3 aromatic carbocycles. The molecule has 2 saturated heterocycles. The maximum atomic E-state index is 13.3. The molecule has 3 aromatic rings. The van der Waals surface area contributed by atoms with Gasteiger partial charge in [0.1, 0.15) is 11.4 Å². The van der Waals surface area contributed by atoms with Crippen molar-refractivity contribution in [1.82, 2.24) is 4.90 Å². The SMILES string of the molecule is O=C1[C@@H]2CS[C@H](c3ccc(Cl)cc3)N2C(=O)N1c1cccc2ccccc12. The van der Waals surface area contributed by atoms with Gasteiger partial charge in [0.2, 0.25) is 0 Å². The number of rotatable bonds is 2. The van der Waals surface area contributed by atoms with E-state index >= 15 is 0 Å². The quantitative estimate of drug-likeness (QED) is 0.569. The van der Waals surface area contributed by atoms with Gasteiger partial charge < -0.3 is 0 Å². The summed E-state index contributed by atoms with van der Waals surface area (Å²) in [5.41, 5.74) is 1.63. The van der Waals surface area contributed by atoms with Crippen LogP contribution < -0.4 is 4.90 Å². The first-order valence-corrected chi connectivity index (χ1v) is 10.1. The van der Waals surface area contributed by atoms with Crippen LogP contribution in [-0.4, -0.2) is 28.6 Å². The predicted octanol–water partition coefficient (Wildman–Crippen LogP) is 5.08. The lowest BCUT2D eigenvalue weighted by atomic mass is 10.1. The van der Waals surface area contributed by atoms with Gasteiger partial charge >= 0.3 is 6.03 Å². The van der Waals surface area contributed by atoms with Crippen LogP contribution >= 0.6 is 23.4 Å². The van der Waals surface area contributed by atoms with E-state index in [2.05, 4.69) is 0 Å². The first-order valence-electron chi connectivity index (χ1n) is 8.66. The van der Waals surface area contributed by atoms with Gasteiger partial charge in [-0.3, -0.25) is 9.69 Å². The van der Waals surface area contributed by atoms with Crippen LogP contribution in [0.2, 0.25) is 5.02 Å². The Bertz CT molecular complexity index is 1060. The summed E-state index contributed by atoms with van der Waals surface area (Å²) in [6.07, 6.45) is 0. The van der Waals surface area contributed by atoms with E-state index in [0.717, 1.165) is 16.3 Å². The highest BCUT2D eigenvalue weighted by atomic mass is 35.5. The highest BCUT2D eigenvalue weighted by Crippen LogP contribution is 2.46. The van der Waals surface area contributed by atoms with Crippen molar-refractivity contribution in [3.8, 4) is 0 Å². The number of imide groups is 1. The van der Waals surface area contributed by atoms with Gasteiger partial charge in [0.25, 0.3) is 5.91 Å². The van der Waals surface area contributed by atoms with Gasteiger partial charge in [0.05, 0.1) is 5.69 Å². The predicted molar refractivity (Wildman–Crippen MR) is 109 cm³/mol. The molecule has 3 amide bonds. The Balaban J connectivity index is 1.56. The highest BCUT2D eigenvalue weighted by Gasteiger charge is 2.53. The number of amides is 3. The van der Waals surface area contributed by atoms with Crippen LogP contribution in [0.4, 0.5) is 10.5 Å². The van der Waals surface area contributed by atoms with E-state index in [1.807, 2.05) is 66.7 Å². The average molecular weight is 395 g/mol. The van der Waals surface area contributed by atoms with Crippen molar-refractivity contribution in [3.63, 3.8) is 0 Å². The Labute approximate surface area is 165 Å². The van der Waals surface area contributed by atoms with E-state index < -0.39 is 6.04 Å². The molecular formula is C21H15ClN2O2S. The summed E-state index contributed by atoms with van der Waals surface area (Å²) in [6.45, 7) is 0. The van der Waals surface area contributed by atoms with Crippen LogP contribution in [0, 0.1) is 0 Å². The summed E-state index contributed by atoms with van der Waals surface area (Å²) in [5.74, 6) is 0.444. The zero-order valence-corrected chi connectivity index (χ0v) is 15.8. The molecule has 0 spiro atoms. The van der Waals surface area contributed by atoms with Gasteiger partial charge in [-0.15, -0.1) is 11.8 Å². The second-order valence-corrected chi connectivity index (χ2v) is 8.16. The summed E-state index contributed by atoms with van der Waals surface area (Å²) in [6, 6.07) is 20.3. The first kappa shape index (κ1) is 16.7. The number of anilines is 1. The molecule has 134 valence electrons. The van der Waals surface area contributed by atoms with Crippen molar-refractivity contribution in [3.05, 3.63) is 77.3 Å². The minimum absolute atomic E-state index is 0.152. The summed E-state index contributed by atoms with van der Waals surface area (Å²) in [7, 11) is 0. The Hall–Kier alpha value is -2.50. The number of hydrogen-bond donors (Lipinski definition) is 0. The second kappa shape index (κ2) is 6.29. The van der Waals surface area contributed by atoms with E-state index in [4.69, 9.17) is 11.6 Å². The van der Waals surface area contributed by atoms with Crippen LogP contribution in [0.1, 0.15) is 10.9 Å². The molecule has 0 saturated carbocycles. The van der Waals surface area contributed by atoms with Crippen LogP contribution in [0.3, 0.4) is 0 Å². The standard InChI is InChI=1S/C21H15ClN2O2S/c22-15-10-8-14(9-11-15)20-24-18(12-27-20)19(25)23(21(24)26)17-7-3-5-13-4-1-2-6-16(13)17/h1-11,18,20H,12H2/t18-,20+/m0/s1. The Morgan fingerprint density at radius 1 is 0.926 bits per heavy atom. The third kappa shape index (κ3) is 2.53. The number of thioether (sulfide) groups is 1. The average Bonchev–Trinajstić information content (AvgIpc) is 3.23. The fraction of sp³-hybridized carbons (Fsp3) is 0.143. The molecule has 0 radical (unpaired) electrons. The number of benzene rings is 3. The lowest BCUT2D eigenvalue weighted by Crippen LogP contribution is -2.34. The van der Waals surface area contributed by atoms with Crippen molar-refractivity contribution in [2.75, 3.05) is 10.7 Å². The molecule has 6 heteroatoms. The first-order chi connectivity index (χ1) is 13.1. The van der Waals surface area contributed by atoms with Crippen LogP contribution in [0.15, 0.2) is 66.7 Å². The van der Waals surface area contributed by atoms with Crippen molar-refractivity contribution >= 4 is 51.8 Å². The molecule has 0 unspecified atom stereocenters. The molecule has 5 rings (SSSR count). The molecule has 2 aliphatic rings. The van der Waals surface area contributed by atoms with E-state index in [1.54, 1.807) is 16.7 Å². The normalized spacial score (nSPS) is 22.0. The Morgan fingerprint density at radius 3 is 2.48 bits per heavy atom. The molecule has 2 heterocycles. The molecule has 0 bridgehead atoms. The molecular weight excluding hydrogens is 380 g/mol. The van der Waals surface area contributed by atoms with Gasteiger partial charge in [-0.1, -0.05) is 60.1 Å². The van der Waals surface area contributed by atoms with Gasteiger partial charge in [-0.25, -0.2) is 9.69 Å². The number of carbonyl (C=O) groups is 2. The molecule has 27 heavy (non-hydrogen) atoms. The van der Waals surface area contributed by atoms with E-state index in [9.17, 15) is 9.59 Å². The van der Waals surface area contributed by atoms with Gasteiger partial charge in [0, 0.05) is 16.2 Å². The molecule has 0 aromatic heterocycles. The van der Waals surface area contributed by atoms with E-state index in [-0.39, 0.29) is 17.3 Å². The fourth-order valence-electron chi connectivity index (χ4n) is 3.80. The number of nitrogens with zero attached hydrogens (tertiary/aromatic N) is 2. The third-order valence-corrected chi connectivity index (χ3v) is 6.66. The lowest BCUT2D eigenvalue weighted by Gasteiger charge is -2.23. The summed E-state index contributed by atoms with van der Waals surface area (Å²) in [4.78, 5) is 29.4. The zero-order valence-electron chi connectivity index (χ0n) is 14.2. The Morgan fingerprint density at radius 2 is 1.67 bits per heavy atom. The number of hydrogen-bond acceptors (Lipinski definition) is 3. The maximum absolute atomic E-state index is 13.3. The van der Waals surface area contributed by atoms with Gasteiger partial charge in [0.15, 0.2) is 0 Å². The van der Waals surface area contributed by atoms with Gasteiger partial charge in [-0.2, -0.15) is 0 Å². The summed E-state index contributed by atoms with van der Waals surface area (Å²) in [5, 5.41) is 2.38. The third-order valence-electron chi connectivity index (χ3n) is 5.08. The second-order valence-electron chi connectivity index (χ2n) is 6.61. The zero-order chi connectivity index (χ0) is 18.5. The molecule has 2 fully saturated rings. The number of fused-ring (bicyclic) bond motifs is 2. The monoisotopic (exact) mass is 394 g/mol. The largest absolute Gasteiger partial charge is 0.333 e. The molecule has 2 atom stereocenters. The molecule has 0 aliphatic carbocycles. The van der Waals surface area contributed by atoms with Gasteiger partial charge in [-0.05, 0) is 29.1 Å². The van der Waals surface area contributed by atoms with E-state index in [1.165, 1.54) is 4.90 Å². The number of halogens is 1.